The number of amidine groups is 1. The monoisotopic (exact) mass is 360 g/mol. The Morgan fingerprint density at radius 2 is 1.74 bits per heavy atom. The molecule has 0 fully saturated rings. The molecule has 0 aliphatic carbocycles. The number of halogens is 1. The summed E-state index contributed by atoms with van der Waals surface area (Å²) in [5.41, 5.74) is 6.56. The van der Waals surface area contributed by atoms with E-state index in [-0.39, 0.29) is 5.82 Å². The Balaban J connectivity index is 1.80. The lowest BCUT2D eigenvalue weighted by molar-refractivity contribution is 0.340. The number of ether oxygens (including phenoxy) is 1. The van der Waals surface area contributed by atoms with E-state index in [1.54, 1.807) is 18.5 Å². The molecule has 1 N–H and O–H groups in total. The molecule has 1 aliphatic heterocycles. The summed E-state index contributed by atoms with van der Waals surface area (Å²) >= 11 is 0. The molecule has 134 valence electrons. The van der Waals surface area contributed by atoms with Crippen LogP contribution in [0.5, 0.6) is 5.75 Å². The second kappa shape index (κ2) is 7.37. The van der Waals surface area contributed by atoms with Gasteiger partial charge in [-0.1, -0.05) is 0 Å². The average Bonchev–Trinajstić information content (AvgIpc) is 2.89. The van der Waals surface area contributed by atoms with Gasteiger partial charge in [-0.2, -0.15) is 5.10 Å². The normalized spacial score (nSPS) is 13.0. The molecule has 0 saturated heterocycles. The van der Waals surface area contributed by atoms with Crippen LogP contribution in [-0.2, 0) is 0 Å². The number of aromatic nitrogens is 1. The van der Waals surface area contributed by atoms with Crippen LogP contribution in [0.25, 0.3) is 0 Å². The van der Waals surface area contributed by atoms with Crippen molar-refractivity contribution in [2.75, 3.05) is 6.61 Å². The second-order valence-corrected chi connectivity index (χ2v) is 5.89. The van der Waals surface area contributed by atoms with E-state index in [9.17, 15) is 4.39 Å². The Kier molecular flexibility index (Phi) is 4.61. The van der Waals surface area contributed by atoms with E-state index >= 15 is 0 Å². The predicted octanol–water partition coefficient (Wildman–Crippen LogP) is 4.05. The maximum atomic E-state index is 13.9. The Hall–Kier alpha value is -3.54. The van der Waals surface area contributed by atoms with Crippen molar-refractivity contribution in [3.63, 3.8) is 0 Å². The van der Waals surface area contributed by atoms with Crippen molar-refractivity contribution < 1.29 is 9.13 Å². The van der Waals surface area contributed by atoms with Crippen LogP contribution in [0.4, 0.5) is 10.1 Å². The first-order valence-electron chi connectivity index (χ1n) is 8.60. The largest absolute Gasteiger partial charge is 0.494 e. The minimum Gasteiger partial charge on any atom is -0.494 e. The predicted molar refractivity (Wildman–Crippen MR) is 103 cm³/mol. The first-order valence-corrected chi connectivity index (χ1v) is 8.60. The molecule has 0 amide bonds. The van der Waals surface area contributed by atoms with Crippen LogP contribution in [0.3, 0.4) is 0 Å². The molecule has 0 saturated carbocycles. The molecule has 2 aromatic carbocycles. The average molecular weight is 360 g/mol. The van der Waals surface area contributed by atoms with Crippen LogP contribution in [-0.4, -0.2) is 23.1 Å². The smallest absolute Gasteiger partial charge is 0.154 e. The summed E-state index contributed by atoms with van der Waals surface area (Å²) in [4.78, 5) is 8.67. The van der Waals surface area contributed by atoms with Crippen LogP contribution >= 0.6 is 0 Å². The number of fused-ring (bicyclic) bond motifs is 1. The molecule has 0 unspecified atom stereocenters. The maximum Gasteiger partial charge on any atom is 0.154 e. The van der Waals surface area contributed by atoms with Crippen molar-refractivity contribution in [3.05, 3.63) is 89.5 Å². The van der Waals surface area contributed by atoms with Gasteiger partial charge in [0.1, 0.15) is 17.3 Å². The van der Waals surface area contributed by atoms with Gasteiger partial charge in [0.05, 0.1) is 12.3 Å². The standard InChI is InChI=1S/C21H17FN4O/c1-2-27-17-6-3-14(4-7-17)20-18-13-16(22)5-8-19(18)24-21(26-25-20)15-9-11-23-12-10-15/h3-13H,2H2,1H3,(H,24,26). The molecule has 0 radical (unpaired) electrons. The fourth-order valence-corrected chi connectivity index (χ4v) is 2.84. The van der Waals surface area contributed by atoms with E-state index in [4.69, 9.17) is 4.74 Å². The number of hydrazone groups is 1. The number of hydrogen-bond acceptors (Lipinski definition) is 5. The molecular formula is C21H17FN4O. The summed E-state index contributed by atoms with van der Waals surface area (Å²) < 4.78 is 19.4. The van der Waals surface area contributed by atoms with Crippen LogP contribution in [0, 0.1) is 5.82 Å². The van der Waals surface area contributed by atoms with Gasteiger partial charge in [-0.05, 0) is 61.5 Å². The Morgan fingerprint density at radius 1 is 0.963 bits per heavy atom. The van der Waals surface area contributed by atoms with Crippen molar-refractivity contribution >= 4 is 17.2 Å². The van der Waals surface area contributed by atoms with Gasteiger partial charge in [0.2, 0.25) is 0 Å². The zero-order valence-electron chi connectivity index (χ0n) is 14.7. The SMILES string of the molecule is CCOc1ccc(C2=NNC(c3ccncc3)=Nc3ccc(F)cc32)cc1. The van der Waals surface area contributed by atoms with Crippen molar-refractivity contribution in [3.8, 4) is 5.75 Å². The van der Waals surface area contributed by atoms with E-state index in [1.165, 1.54) is 12.1 Å². The third-order valence-corrected chi connectivity index (χ3v) is 4.11. The number of pyridine rings is 1. The van der Waals surface area contributed by atoms with Crippen molar-refractivity contribution in [2.24, 2.45) is 10.1 Å². The fraction of sp³-hybridized carbons (Fsp3) is 0.0952. The molecule has 0 atom stereocenters. The summed E-state index contributed by atoms with van der Waals surface area (Å²) in [7, 11) is 0. The Labute approximate surface area is 156 Å². The molecule has 6 heteroatoms. The Morgan fingerprint density at radius 3 is 2.48 bits per heavy atom. The minimum absolute atomic E-state index is 0.338. The van der Waals surface area contributed by atoms with Gasteiger partial charge in [-0.3, -0.25) is 10.4 Å². The highest BCUT2D eigenvalue weighted by Gasteiger charge is 2.18. The maximum absolute atomic E-state index is 13.9. The summed E-state index contributed by atoms with van der Waals surface area (Å²) in [5, 5.41) is 4.52. The number of rotatable bonds is 4. The van der Waals surface area contributed by atoms with E-state index < -0.39 is 0 Å². The minimum atomic E-state index is -0.338. The third kappa shape index (κ3) is 3.55. The quantitative estimate of drug-likeness (QED) is 0.763. The summed E-state index contributed by atoms with van der Waals surface area (Å²) in [5.74, 6) is 1.01. The van der Waals surface area contributed by atoms with Gasteiger partial charge in [0, 0.05) is 29.1 Å². The molecule has 1 aromatic heterocycles. The van der Waals surface area contributed by atoms with Crippen molar-refractivity contribution in [2.45, 2.75) is 6.92 Å². The van der Waals surface area contributed by atoms with Crippen molar-refractivity contribution in [1.29, 1.82) is 0 Å². The molecule has 3 aromatic rings. The van der Waals surface area contributed by atoms with E-state index in [0.717, 1.165) is 16.9 Å². The van der Waals surface area contributed by atoms with Gasteiger partial charge < -0.3 is 4.74 Å². The summed E-state index contributed by atoms with van der Waals surface area (Å²) in [6, 6.07) is 15.7. The van der Waals surface area contributed by atoms with E-state index in [1.807, 2.05) is 43.3 Å². The number of nitrogens with zero attached hydrogens (tertiary/aromatic N) is 3. The Bertz CT molecular complexity index is 1010. The molecule has 2 heterocycles. The first kappa shape index (κ1) is 16.9. The molecule has 0 spiro atoms. The van der Waals surface area contributed by atoms with Crippen LogP contribution < -0.4 is 10.2 Å². The van der Waals surface area contributed by atoms with Gasteiger partial charge in [-0.25, -0.2) is 9.38 Å². The highest BCUT2D eigenvalue weighted by molar-refractivity contribution is 6.18. The van der Waals surface area contributed by atoms with Gasteiger partial charge in [0.15, 0.2) is 5.84 Å². The third-order valence-electron chi connectivity index (χ3n) is 4.11. The summed E-state index contributed by atoms with van der Waals surface area (Å²) in [6.07, 6.45) is 3.38. The molecule has 4 rings (SSSR count). The highest BCUT2D eigenvalue weighted by Crippen LogP contribution is 2.27. The lowest BCUT2D eigenvalue weighted by atomic mass is 10.0. The molecule has 5 nitrogen and oxygen atoms in total. The van der Waals surface area contributed by atoms with Crippen LogP contribution in [0.1, 0.15) is 23.6 Å². The number of nitrogens with one attached hydrogen (secondary N) is 1. The number of aliphatic imine (C=N–C) groups is 1. The molecule has 27 heavy (non-hydrogen) atoms. The topological polar surface area (TPSA) is 58.9 Å². The van der Waals surface area contributed by atoms with Gasteiger partial charge >= 0.3 is 0 Å². The lowest BCUT2D eigenvalue weighted by Crippen LogP contribution is -2.19. The van der Waals surface area contributed by atoms with E-state index in [0.29, 0.717) is 29.4 Å². The molecule has 0 bridgehead atoms. The molecular weight excluding hydrogens is 343 g/mol. The summed E-state index contributed by atoms with van der Waals surface area (Å²) in [6.45, 7) is 2.53. The van der Waals surface area contributed by atoms with Gasteiger partial charge in [0.25, 0.3) is 0 Å². The zero-order chi connectivity index (χ0) is 18.6. The first-order chi connectivity index (χ1) is 13.2. The number of benzene rings is 2. The fourth-order valence-electron chi connectivity index (χ4n) is 2.84. The second-order valence-electron chi connectivity index (χ2n) is 5.89. The van der Waals surface area contributed by atoms with Gasteiger partial charge in [-0.15, -0.1) is 0 Å². The van der Waals surface area contributed by atoms with Crippen LogP contribution in [0.15, 0.2) is 77.1 Å². The van der Waals surface area contributed by atoms with E-state index in [2.05, 4.69) is 20.5 Å². The molecule has 1 aliphatic rings. The van der Waals surface area contributed by atoms with Crippen LogP contribution in [0.2, 0.25) is 0 Å². The highest BCUT2D eigenvalue weighted by atomic mass is 19.1. The number of hydrogen-bond donors (Lipinski definition) is 1. The lowest BCUT2D eigenvalue weighted by Gasteiger charge is -2.09. The van der Waals surface area contributed by atoms with Crippen molar-refractivity contribution in [1.82, 2.24) is 10.4 Å². The zero-order valence-corrected chi connectivity index (χ0v) is 14.7.